The first-order valence-corrected chi connectivity index (χ1v) is 6.43. The van der Waals surface area contributed by atoms with Crippen molar-refractivity contribution in [2.45, 2.75) is 18.9 Å². The zero-order chi connectivity index (χ0) is 12.8. The van der Waals surface area contributed by atoms with E-state index in [9.17, 15) is 0 Å². The second kappa shape index (κ2) is 6.51. The highest BCUT2D eigenvalue weighted by Crippen LogP contribution is 2.21. The third-order valence-corrected chi connectivity index (χ3v) is 3.24. The van der Waals surface area contributed by atoms with Gasteiger partial charge in [-0.05, 0) is 19.9 Å². The van der Waals surface area contributed by atoms with Crippen LogP contribution in [0.5, 0.6) is 0 Å². The Kier molecular flexibility index (Phi) is 4.72. The summed E-state index contributed by atoms with van der Waals surface area (Å²) in [5.41, 5.74) is 1.11. The molecule has 1 atom stereocenters. The fourth-order valence-corrected chi connectivity index (χ4v) is 2.14. The summed E-state index contributed by atoms with van der Waals surface area (Å²) >= 11 is 0. The summed E-state index contributed by atoms with van der Waals surface area (Å²) in [6, 6.07) is 2.58. The topological polar surface area (TPSA) is 73.3 Å². The molecule has 1 aliphatic rings. The van der Waals surface area contributed by atoms with Gasteiger partial charge in [0.1, 0.15) is 0 Å². The molecule has 100 valence electrons. The van der Waals surface area contributed by atoms with Crippen molar-refractivity contribution in [2.75, 3.05) is 43.5 Å². The first-order chi connectivity index (χ1) is 8.83. The summed E-state index contributed by atoms with van der Waals surface area (Å²) in [5, 5.41) is 23.3. The molecule has 0 spiro atoms. The third-order valence-electron chi connectivity index (χ3n) is 3.24. The summed E-state index contributed by atoms with van der Waals surface area (Å²) in [6.45, 7) is 2.97. The van der Waals surface area contributed by atoms with Crippen LogP contribution in [-0.2, 0) is 0 Å². The Bertz CT molecular complexity index is 373. The van der Waals surface area contributed by atoms with Gasteiger partial charge in [-0.15, -0.1) is 5.10 Å². The van der Waals surface area contributed by atoms with E-state index in [2.05, 4.69) is 25.7 Å². The van der Waals surface area contributed by atoms with Crippen LogP contribution in [0.1, 0.15) is 12.8 Å². The van der Waals surface area contributed by atoms with Gasteiger partial charge >= 0.3 is 0 Å². The van der Waals surface area contributed by atoms with Crippen LogP contribution in [0.4, 0.5) is 11.5 Å². The highest BCUT2D eigenvalue weighted by Gasteiger charge is 2.21. The lowest BCUT2D eigenvalue weighted by Crippen LogP contribution is -2.29. The molecule has 2 rings (SSSR count). The van der Waals surface area contributed by atoms with E-state index < -0.39 is 0 Å². The quantitative estimate of drug-likeness (QED) is 0.621. The van der Waals surface area contributed by atoms with Crippen LogP contribution >= 0.6 is 0 Å². The van der Waals surface area contributed by atoms with Gasteiger partial charge in [0.2, 0.25) is 0 Å². The number of aliphatic hydroxyl groups excluding tert-OH is 1. The minimum Gasteiger partial charge on any atom is -0.396 e. The van der Waals surface area contributed by atoms with Crippen LogP contribution in [0.3, 0.4) is 0 Å². The highest BCUT2D eigenvalue weighted by atomic mass is 16.3. The van der Waals surface area contributed by atoms with Crippen LogP contribution < -0.4 is 15.5 Å². The van der Waals surface area contributed by atoms with E-state index in [0.717, 1.165) is 37.4 Å². The number of nitrogens with one attached hydrogen (secondary N) is 2. The minimum absolute atomic E-state index is 0.191. The van der Waals surface area contributed by atoms with Crippen LogP contribution in [0.15, 0.2) is 12.3 Å². The van der Waals surface area contributed by atoms with Gasteiger partial charge in [0, 0.05) is 38.3 Å². The van der Waals surface area contributed by atoms with Gasteiger partial charge in [-0.3, -0.25) is 0 Å². The number of hydrogen-bond acceptors (Lipinski definition) is 6. The Morgan fingerprint density at radius 3 is 3.17 bits per heavy atom. The Morgan fingerprint density at radius 2 is 2.44 bits per heavy atom. The predicted octanol–water partition coefficient (Wildman–Crippen LogP) is 0.0690. The van der Waals surface area contributed by atoms with E-state index in [0.29, 0.717) is 12.6 Å². The van der Waals surface area contributed by atoms with Gasteiger partial charge in [-0.2, -0.15) is 5.10 Å². The maximum atomic E-state index is 8.74. The van der Waals surface area contributed by atoms with E-state index in [1.165, 1.54) is 0 Å². The predicted molar refractivity (Wildman–Crippen MR) is 71.9 cm³/mol. The monoisotopic (exact) mass is 251 g/mol. The summed E-state index contributed by atoms with van der Waals surface area (Å²) in [5.74, 6) is 0.772. The second-order valence-electron chi connectivity index (χ2n) is 4.52. The molecular weight excluding hydrogens is 230 g/mol. The van der Waals surface area contributed by atoms with E-state index in [-0.39, 0.29) is 6.61 Å². The third kappa shape index (κ3) is 3.30. The Balaban J connectivity index is 1.94. The molecule has 0 aromatic carbocycles. The van der Waals surface area contributed by atoms with E-state index >= 15 is 0 Å². The fraction of sp³-hybridized carbons (Fsp3) is 0.667. The molecule has 6 heteroatoms. The number of nitrogens with zero attached hydrogens (tertiary/aromatic N) is 3. The van der Waals surface area contributed by atoms with Crippen molar-refractivity contribution in [2.24, 2.45) is 0 Å². The standard InChI is InChI=1S/C12H21N5O/c1-13-10-3-5-17(9-10)11-7-12(16-15-8-11)14-4-2-6-18/h7-8,10,13,18H,2-6,9H2,1H3,(H,14,16). The Morgan fingerprint density at radius 1 is 1.56 bits per heavy atom. The summed E-state index contributed by atoms with van der Waals surface area (Å²) in [4.78, 5) is 2.31. The normalized spacial score (nSPS) is 19.2. The van der Waals surface area contributed by atoms with Crippen LogP contribution in [-0.4, -0.2) is 54.6 Å². The molecule has 1 aromatic rings. The van der Waals surface area contributed by atoms with E-state index in [1.54, 1.807) is 6.20 Å². The number of anilines is 2. The van der Waals surface area contributed by atoms with Gasteiger partial charge in [0.05, 0.1) is 11.9 Å². The van der Waals surface area contributed by atoms with Crippen molar-refractivity contribution in [1.82, 2.24) is 15.5 Å². The molecule has 3 N–H and O–H groups in total. The van der Waals surface area contributed by atoms with Gasteiger partial charge < -0.3 is 20.6 Å². The van der Waals surface area contributed by atoms with Gasteiger partial charge in [-0.1, -0.05) is 0 Å². The Hall–Kier alpha value is -1.40. The number of aliphatic hydroxyl groups is 1. The molecule has 1 unspecified atom stereocenters. The maximum absolute atomic E-state index is 8.74. The molecule has 0 amide bonds. The average molecular weight is 251 g/mol. The minimum atomic E-state index is 0.191. The SMILES string of the molecule is CNC1CCN(c2cnnc(NCCCO)c2)C1. The van der Waals surface area contributed by atoms with E-state index in [1.807, 2.05) is 13.1 Å². The van der Waals surface area contributed by atoms with Crippen LogP contribution in [0.2, 0.25) is 0 Å². The number of aromatic nitrogens is 2. The van der Waals surface area contributed by atoms with Gasteiger partial charge in [0.15, 0.2) is 5.82 Å². The fourth-order valence-electron chi connectivity index (χ4n) is 2.14. The van der Waals surface area contributed by atoms with Crippen molar-refractivity contribution < 1.29 is 5.11 Å². The number of likely N-dealkylation sites (N-methyl/N-ethyl adjacent to an activating group) is 1. The average Bonchev–Trinajstić information content (AvgIpc) is 2.88. The zero-order valence-corrected chi connectivity index (χ0v) is 10.8. The van der Waals surface area contributed by atoms with E-state index in [4.69, 9.17) is 5.11 Å². The summed E-state index contributed by atoms with van der Waals surface area (Å²) in [7, 11) is 2.00. The van der Waals surface area contributed by atoms with Crippen molar-refractivity contribution >= 4 is 11.5 Å². The molecular formula is C12H21N5O. The Labute approximate surface area is 107 Å². The lowest BCUT2D eigenvalue weighted by atomic mass is 10.3. The van der Waals surface area contributed by atoms with Crippen molar-refractivity contribution in [3.8, 4) is 0 Å². The molecule has 6 nitrogen and oxygen atoms in total. The lowest BCUT2D eigenvalue weighted by molar-refractivity contribution is 0.292. The molecule has 1 saturated heterocycles. The summed E-state index contributed by atoms with van der Waals surface area (Å²) in [6.07, 6.45) is 3.68. The highest BCUT2D eigenvalue weighted by molar-refractivity contribution is 5.52. The van der Waals surface area contributed by atoms with Crippen molar-refractivity contribution in [3.63, 3.8) is 0 Å². The second-order valence-corrected chi connectivity index (χ2v) is 4.52. The first kappa shape index (κ1) is 13.0. The smallest absolute Gasteiger partial charge is 0.150 e. The summed E-state index contributed by atoms with van der Waals surface area (Å²) < 4.78 is 0. The van der Waals surface area contributed by atoms with Crippen LogP contribution in [0, 0.1) is 0 Å². The molecule has 1 fully saturated rings. The molecule has 0 aliphatic carbocycles. The molecule has 0 radical (unpaired) electrons. The number of rotatable bonds is 6. The largest absolute Gasteiger partial charge is 0.396 e. The van der Waals surface area contributed by atoms with Crippen LogP contribution in [0.25, 0.3) is 0 Å². The maximum Gasteiger partial charge on any atom is 0.150 e. The molecule has 2 heterocycles. The first-order valence-electron chi connectivity index (χ1n) is 6.43. The molecule has 0 saturated carbocycles. The lowest BCUT2D eigenvalue weighted by Gasteiger charge is -2.18. The molecule has 1 aliphatic heterocycles. The number of hydrogen-bond donors (Lipinski definition) is 3. The van der Waals surface area contributed by atoms with Gasteiger partial charge in [-0.25, -0.2) is 0 Å². The zero-order valence-electron chi connectivity index (χ0n) is 10.8. The van der Waals surface area contributed by atoms with Crippen molar-refractivity contribution in [3.05, 3.63) is 12.3 Å². The molecule has 1 aromatic heterocycles. The van der Waals surface area contributed by atoms with Gasteiger partial charge in [0.25, 0.3) is 0 Å². The molecule has 0 bridgehead atoms. The van der Waals surface area contributed by atoms with Crippen molar-refractivity contribution in [1.29, 1.82) is 0 Å². The molecule has 18 heavy (non-hydrogen) atoms.